The number of aliphatic imine (C=N–C) groups is 2. The second kappa shape index (κ2) is 19.0. The van der Waals surface area contributed by atoms with Gasteiger partial charge in [0, 0.05) is 35.5 Å². The first-order valence-electron chi connectivity index (χ1n) is 15.1. The number of hydrogen-bond acceptors (Lipinski definition) is 8. The van der Waals surface area contributed by atoms with E-state index in [1.165, 1.54) is 0 Å². The van der Waals surface area contributed by atoms with Crippen LogP contribution in [0.3, 0.4) is 0 Å². The minimum absolute atomic E-state index is 0. The summed E-state index contributed by atoms with van der Waals surface area (Å²) in [6, 6.07) is 28.7. The van der Waals surface area contributed by atoms with Crippen LogP contribution >= 0.6 is 0 Å². The number of aliphatic carboxylic acids is 2. The topological polar surface area (TPSA) is 145 Å². The van der Waals surface area contributed by atoms with E-state index in [4.69, 9.17) is 29.8 Å². The van der Waals surface area contributed by atoms with Crippen molar-refractivity contribution in [2.45, 2.75) is 65.5 Å². The van der Waals surface area contributed by atoms with Crippen LogP contribution in [-0.2, 0) is 26.4 Å². The molecule has 0 bridgehead atoms. The van der Waals surface area contributed by atoms with Crippen molar-refractivity contribution in [1.82, 2.24) is 0 Å². The molecule has 8 nitrogen and oxygen atoms in total. The fourth-order valence-corrected chi connectivity index (χ4v) is 5.19. The van der Waals surface area contributed by atoms with Gasteiger partial charge >= 0.3 is 16.8 Å². The van der Waals surface area contributed by atoms with E-state index in [0.29, 0.717) is 0 Å². The fraction of sp³-hybridized carbons (Fsp3) is 0.263. The molecule has 2 unspecified atom stereocenters. The Balaban J connectivity index is 0.000000769. The molecular weight excluding hydrogens is 639 g/mol. The van der Waals surface area contributed by atoms with Crippen LogP contribution in [0.5, 0.6) is 11.5 Å². The van der Waals surface area contributed by atoms with Gasteiger partial charge in [0.05, 0.1) is 12.1 Å². The second-order valence-corrected chi connectivity index (χ2v) is 11.2. The number of benzene rings is 4. The van der Waals surface area contributed by atoms with Crippen LogP contribution in [0.25, 0.3) is 22.3 Å². The zero-order valence-corrected chi connectivity index (χ0v) is 28.0. The van der Waals surface area contributed by atoms with Gasteiger partial charge in [-0.2, -0.15) is 0 Å². The largest absolute Gasteiger partial charge is 2.00 e. The predicted octanol–water partition coefficient (Wildman–Crippen LogP) is 5.41. The van der Waals surface area contributed by atoms with Gasteiger partial charge in [0.15, 0.2) is 0 Å². The average Bonchev–Trinajstić information content (AvgIpc) is 3.03. The summed E-state index contributed by atoms with van der Waals surface area (Å²) in [4.78, 5) is 27.5. The Kier molecular flexibility index (Phi) is 15.6. The van der Waals surface area contributed by atoms with Crippen molar-refractivity contribution in [2.24, 2.45) is 9.98 Å². The Labute approximate surface area is 286 Å². The first-order chi connectivity index (χ1) is 21.9. The summed E-state index contributed by atoms with van der Waals surface area (Å²) in [7, 11) is 0. The number of hydrogen-bond donors (Lipinski definition) is 2. The van der Waals surface area contributed by atoms with Crippen LogP contribution in [0.15, 0.2) is 94.9 Å². The van der Waals surface area contributed by atoms with E-state index in [1.807, 2.05) is 86.9 Å². The molecule has 1 fully saturated rings. The number of phenols is 2. The molecule has 1 aliphatic carbocycles. The first kappa shape index (κ1) is 38.4. The smallest absolute Gasteiger partial charge is 0.550 e. The summed E-state index contributed by atoms with van der Waals surface area (Å²) >= 11 is 0. The maximum absolute atomic E-state index is 10.7. The third-order valence-corrected chi connectivity index (χ3v) is 7.34. The molecule has 1 aliphatic rings. The summed E-state index contributed by atoms with van der Waals surface area (Å²) in [5.41, 5.74) is 7.54. The van der Waals surface area contributed by atoms with Crippen LogP contribution in [0.1, 0.15) is 61.8 Å². The Morgan fingerprint density at radius 2 is 1.00 bits per heavy atom. The number of carboxylic acid groups (broad SMARTS) is 2. The number of carbonyl (C=O) groups is 2. The number of carbonyl (C=O) groups excluding carboxylic acids is 2. The summed E-state index contributed by atoms with van der Waals surface area (Å²) in [5, 5.41) is 39.1. The zero-order valence-electron chi connectivity index (χ0n) is 27.0. The molecule has 4 aromatic carbocycles. The number of nitrogens with zero attached hydrogens (tertiary/aromatic N) is 2. The van der Waals surface area contributed by atoms with Gasteiger partial charge in [-0.25, -0.2) is 0 Å². The van der Waals surface area contributed by atoms with Crippen molar-refractivity contribution in [3.8, 4) is 33.8 Å². The van der Waals surface area contributed by atoms with Crippen LogP contribution in [0.4, 0.5) is 0 Å². The van der Waals surface area contributed by atoms with Gasteiger partial charge in [0.1, 0.15) is 11.5 Å². The summed E-state index contributed by atoms with van der Waals surface area (Å²) in [6.07, 6.45) is 7.56. The molecule has 0 aliphatic heterocycles. The second-order valence-electron chi connectivity index (χ2n) is 11.2. The van der Waals surface area contributed by atoms with E-state index in [9.17, 15) is 10.2 Å². The van der Waals surface area contributed by atoms with Crippen molar-refractivity contribution >= 4 is 24.4 Å². The maximum Gasteiger partial charge on any atom is 2.00 e. The third kappa shape index (κ3) is 12.5. The van der Waals surface area contributed by atoms with Gasteiger partial charge in [-0.1, -0.05) is 60.7 Å². The van der Waals surface area contributed by atoms with Crippen molar-refractivity contribution in [2.75, 3.05) is 0 Å². The van der Waals surface area contributed by atoms with E-state index in [-0.39, 0.29) is 40.4 Å². The molecule has 0 saturated heterocycles. The first-order valence-corrected chi connectivity index (χ1v) is 15.1. The van der Waals surface area contributed by atoms with Crippen LogP contribution in [-0.4, -0.2) is 46.7 Å². The maximum atomic E-state index is 10.7. The van der Waals surface area contributed by atoms with Gasteiger partial charge in [-0.3, -0.25) is 9.98 Å². The fourth-order valence-electron chi connectivity index (χ4n) is 5.19. The molecular formula is C38H40CoN2O6. The third-order valence-electron chi connectivity index (χ3n) is 7.34. The molecule has 0 heterocycles. The molecule has 9 heteroatoms. The molecule has 0 spiro atoms. The summed E-state index contributed by atoms with van der Waals surface area (Å²) < 4.78 is 0. The number of aromatic hydroxyl groups is 2. The van der Waals surface area contributed by atoms with Crippen molar-refractivity contribution < 1.29 is 46.8 Å². The van der Waals surface area contributed by atoms with E-state index in [2.05, 4.69) is 24.3 Å². The number of aryl methyl sites for hydroxylation is 2. The monoisotopic (exact) mass is 679 g/mol. The Morgan fingerprint density at radius 1 is 0.660 bits per heavy atom. The minimum Gasteiger partial charge on any atom is -0.550 e. The summed E-state index contributed by atoms with van der Waals surface area (Å²) in [6.45, 7) is 5.79. The van der Waals surface area contributed by atoms with E-state index >= 15 is 0 Å². The molecule has 247 valence electrons. The molecule has 1 radical (unpaired) electrons. The number of phenolic OH excluding ortho intramolecular Hbond substituents is 2. The van der Waals surface area contributed by atoms with Crippen LogP contribution in [0.2, 0.25) is 0 Å². The molecule has 0 amide bonds. The SMILES string of the molecule is CC(=O)[O-].CC(=O)[O-].Cc1cc(-c2ccccc2)cc(C=NC2CCCC(N=Cc3cc(-c4ccccc4)cc(C)c3O)C2)c1O.[Co+2]. The Hall–Kier alpha value is -4.73. The van der Waals surface area contributed by atoms with Gasteiger partial charge < -0.3 is 30.0 Å². The predicted molar refractivity (Wildman–Crippen MR) is 179 cm³/mol. The van der Waals surface area contributed by atoms with Crippen molar-refractivity contribution in [1.29, 1.82) is 0 Å². The Morgan fingerprint density at radius 3 is 1.34 bits per heavy atom. The quantitative estimate of drug-likeness (QED) is 0.261. The molecule has 5 rings (SSSR count). The van der Waals surface area contributed by atoms with E-state index in [0.717, 1.165) is 84.0 Å². The van der Waals surface area contributed by atoms with Gasteiger partial charge in [-0.05, 0) is 111 Å². The number of carboxylic acids is 2. The van der Waals surface area contributed by atoms with Crippen LogP contribution in [0, 0.1) is 13.8 Å². The standard InChI is InChI=1S/C34H34N2O2.2C2H4O2.Co/c1-23-16-27(25-10-5-3-6-11-25)18-29(33(23)37)21-35-31-14-9-15-32(20-31)36-22-30-19-28(17-24(2)34(30)38)26-12-7-4-8-13-26;2*1-2(3)4;/h3-8,10-13,16-19,21-22,31-32,37-38H,9,14-15,20H2,1-2H3;2*1H3,(H,3,4);/q;;;+2/p-2. The number of rotatable bonds is 6. The van der Waals surface area contributed by atoms with Gasteiger partial charge in [-0.15, -0.1) is 0 Å². The molecule has 2 atom stereocenters. The zero-order chi connectivity index (χ0) is 33.6. The molecule has 0 aromatic heterocycles. The molecule has 1 saturated carbocycles. The van der Waals surface area contributed by atoms with Gasteiger partial charge in [0.25, 0.3) is 0 Å². The molecule has 4 aromatic rings. The average molecular weight is 680 g/mol. The Bertz CT molecular complexity index is 1540. The van der Waals surface area contributed by atoms with E-state index < -0.39 is 11.9 Å². The normalized spacial score (nSPS) is 15.5. The van der Waals surface area contributed by atoms with Gasteiger partial charge in [0.2, 0.25) is 0 Å². The molecule has 47 heavy (non-hydrogen) atoms. The van der Waals surface area contributed by atoms with E-state index in [1.54, 1.807) is 0 Å². The minimum atomic E-state index is -1.08. The van der Waals surface area contributed by atoms with Crippen molar-refractivity contribution in [3.05, 3.63) is 107 Å². The van der Waals surface area contributed by atoms with Crippen LogP contribution < -0.4 is 10.2 Å². The molecule has 2 N–H and O–H groups in total. The van der Waals surface area contributed by atoms with Crippen molar-refractivity contribution in [3.63, 3.8) is 0 Å². The summed E-state index contributed by atoms with van der Waals surface area (Å²) in [5.74, 6) is -1.61.